The molecule has 1 aliphatic heterocycles. The van der Waals surface area contributed by atoms with Crippen LogP contribution in [0.3, 0.4) is 0 Å². The van der Waals surface area contributed by atoms with E-state index in [4.69, 9.17) is 9.97 Å². The van der Waals surface area contributed by atoms with E-state index in [-0.39, 0.29) is 11.9 Å². The Kier molecular flexibility index (Phi) is 5.22. The van der Waals surface area contributed by atoms with Gasteiger partial charge in [-0.3, -0.25) is 0 Å². The van der Waals surface area contributed by atoms with E-state index >= 15 is 0 Å². The number of benzene rings is 2. The minimum atomic E-state index is -0.233. The zero-order chi connectivity index (χ0) is 20.5. The van der Waals surface area contributed by atoms with Crippen molar-refractivity contribution in [2.45, 2.75) is 46.6 Å². The predicted molar refractivity (Wildman–Crippen MR) is 116 cm³/mol. The average Bonchev–Trinajstić information content (AvgIpc) is 2.72. The summed E-state index contributed by atoms with van der Waals surface area (Å²) in [5.74, 6) is 1.30. The summed E-state index contributed by atoms with van der Waals surface area (Å²) in [7, 11) is 0. The van der Waals surface area contributed by atoms with Crippen molar-refractivity contribution in [3.63, 3.8) is 0 Å². The molecule has 5 heteroatoms. The molecule has 29 heavy (non-hydrogen) atoms. The molecule has 1 aliphatic rings. The second kappa shape index (κ2) is 7.82. The first-order chi connectivity index (χ1) is 14.0. The van der Waals surface area contributed by atoms with Crippen LogP contribution in [0.4, 0.5) is 21.8 Å². The molecule has 0 amide bonds. The molecule has 0 radical (unpaired) electrons. The fourth-order valence-electron chi connectivity index (χ4n) is 4.08. The number of nitrogens with one attached hydrogen (secondary N) is 1. The Balaban J connectivity index is 1.72. The molecule has 0 spiro atoms. The second-order valence-corrected chi connectivity index (χ2v) is 7.70. The molecular formula is C24H27FN4. The molecule has 4 rings (SSSR count). The highest BCUT2D eigenvalue weighted by Crippen LogP contribution is 2.33. The van der Waals surface area contributed by atoms with Crippen molar-refractivity contribution in [3.05, 3.63) is 76.2 Å². The van der Waals surface area contributed by atoms with Crippen molar-refractivity contribution < 1.29 is 4.39 Å². The summed E-state index contributed by atoms with van der Waals surface area (Å²) in [6.07, 6.45) is 1.82. The van der Waals surface area contributed by atoms with Crippen LogP contribution in [0.1, 0.15) is 47.8 Å². The highest BCUT2D eigenvalue weighted by atomic mass is 19.1. The first-order valence-corrected chi connectivity index (χ1v) is 10.2. The van der Waals surface area contributed by atoms with Crippen LogP contribution in [0.5, 0.6) is 0 Å². The zero-order valence-corrected chi connectivity index (χ0v) is 17.5. The van der Waals surface area contributed by atoms with Crippen molar-refractivity contribution in [1.82, 2.24) is 9.97 Å². The average molecular weight is 391 g/mol. The summed E-state index contributed by atoms with van der Waals surface area (Å²) in [6.45, 7) is 9.15. The van der Waals surface area contributed by atoms with Crippen LogP contribution in [0.25, 0.3) is 0 Å². The topological polar surface area (TPSA) is 41.1 Å². The number of aryl methyl sites for hydroxylation is 2. The van der Waals surface area contributed by atoms with Gasteiger partial charge in [0.25, 0.3) is 0 Å². The molecule has 1 unspecified atom stereocenters. The van der Waals surface area contributed by atoms with Gasteiger partial charge in [-0.05, 0) is 68.5 Å². The number of hydrogen-bond donors (Lipinski definition) is 1. The Labute approximate surface area is 171 Å². The van der Waals surface area contributed by atoms with E-state index < -0.39 is 0 Å². The standard InChI is InChI=1S/C24H27FN4/c1-5-21-16(3)23(26-22-11-10-19(25)14-15(22)2)28-24(27-21)29-13-12-18-8-6-7-9-20(18)17(29)4/h6-11,14,17H,5,12-13H2,1-4H3,(H,26,27,28). The van der Waals surface area contributed by atoms with E-state index in [2.05, 4.69) is 48.3 Å². The maximum atomic E-state index is 13.5. The van der Waals surface area contributed by atoms with E-state index in [0.717, 1.165) is 53.7 Å². The van der Waals surface area contributed by atoms with Gasteiger partial charge in [-0.2, -0.15) is 4.98 Å². The summed E-state index contributed by atoms with van der Waals surface area (Å²) >= 11 is 0. The van der Waals surface area contributed by atoms with Crippen LogP contribution in [0.2, 0.25) is 0 Å². The number of aromatic nitrogens is 2. The van der Waals surface area contributed by atoms with Gasteiger partial charge in [0, 0.05) is 17.8 Å². The third-order valence-corrected chi connectivity index (χ3v) is 5.86. The Morgan fingerprint density at radius 1 is 1.14 bits per heavy atom. The largest absolute Gasteiger partial charge is 0.340 e. The number of nitrogens with zero attached hydrogens (tertiary/aromatic N) is 3. The molecule has 2 heterocycles. The Hall–Kier alpha value is -2.95. The molecule has 3 aromatic rings. The van der Waals surface area contributed by atoms with E-state index in [9.17, 15) is 4.39 Å². The van der Waals surface area contributed by atoms with Crippen LogP contribution in [-0.2, 0) is 12.8 Å². The first-order valence-electron chi connectivity index (χ1n) is 10.2. The van der Waals surface area contributed by atoms with Gasteiger partial charge in [-0.25, -0.2) is 9.37 Å². The number of hydrogen-bond acceptors (Lipinski definition) is 4. The van der Waals surface area contributed by atoms with Gasteiger partial charge in [0.2, 0.25) is 5.95 Å². The molecule has 0 saturated carbocycles. The van der Waals surface area contributed by atoms with Crippen molar-refractivity contribution in [1.29, 1.82) is 0 Å². The van der Waals surface area contributed by atoms with Gasteiger partial charge < -0.3 is 10.2 Å². The lowest BCUT2D eigenvalue weighted by Gasteiger charge is -2.35. The predicted octanol–water partition coefficient (Wildman–Crippen LogP) is 5.66. The summed E-state index contributed by atoms with van der Waals surface area (Å²) in [4.78, 5) is 12.1. The molecular weight excluding hydrogens is 363 g/mol. The van der Waals surface area contributed by atoms with Crippen LogP contribution in [0.15, 0.2) is 42.5 Å². The molecule has 0 bridgehead atoms. The normalized spacial score (nSPS) is 15.9. The smallest absolute Gasteiger partial charge is 0.228 e. The van der Waals surface area contributed by atoms with Gasteiger partial charge in [0.1, 0.15) is 11.6 Å². The van der Waals surface area contributed by atoms with Crippen molar-refractivity contribution in [2.24, 2.45) is 0 Å². The van der Waals surface area contributed by atoms with Crippen molar-refractivity contribution >= 4 is 17.5 Å². The molecule has 150 valence electrons. The summed E-state index contributed by atoms with van der Waals surface area (Å²) in [6, 6.07) is 13.6. The van der Waals surface area contributed by atoms with Gasteiger partial charge >= 0.3 is 0 Å². The van der Waals surface area contributed by atoms with E-state index in [1.165, 1.54) is 23.3 Å². The van der Waals surface area contributed by atoms with Crippen LogP contribution < -0.4 is 10.2 Å². The summed E-state index contributed by atoms with van der Waals surface area (Å²) in [5, 5.41) is 3.41. The fourth-order valence-corrected chi connectivity index (χ4v) is 4.08. The monoisotopic (exact) mass is 390 g/mol. The molecule has 1 N–H and O–H groups in total. The van der Waals surface area contributed by atoms with E-state index in [1.54, 1.807) is 6.07 Å². The van der Waals surface area contributed by atoms with E-state index in [1.807, 2.05) is 13.8 Å². The molecule has 1 atom stereocenters. The maximum Gasteiger partial charge on any atom is 0.228 e. The Morgan fingerprint density at radius 2 is 1.93 bits per heavy atom. The fraction of sp³-hybridized carbons (Fsp3) is 0.333. The van der Waals surface area contributed by atoms with Crippen molar-refractivity contribution in [3.8, 4) is 0 Å². The Bertz CT molecular complexity index is 1050. The third-order valence-electron chi connectivity index (χ3n) is 5.86. The quantitative estimate of drug-likeness (QED) is 0.624. The molecule has 0 fully saturated rings. The van der Waals surface area contributed by atoms with E-state index in [0.29, 0.717) is 0 Å². The summed E-state index contributed by atoms with van der Waals surface area (Å²) in [5.41, 5.74) is 6.51. The summed E-state index contributed by atoms with van der Waals surface area (Å²) < 4.78 is 13.5. The minimum Gasteiger partial charge on any atom is -0.340 e. The molecule has 4 nitrogen and oxygen atoms in total. The first kappa shape index (κ1) is 19.4. The lowest BCUT2D eigenvalue weighted by molar-refractivity contribution is 0.606. The van der Waals surface area contributed by atoms with Crippen LogP contribution in [-0.4, -0.2) is 16.5 Å². The lowest BCUT2D eigenvalue weighted by Crippen LogP contribution is -2.35. The highest BCUT2D eigenvalue weighted by molar-refractivity contribution is 5.64. The minimum absolute atomic E-state index is 0.216. The highest BCUT2D eigenvalue weighted by Gasteiger charge is 2.26. The maximum absolute atomic E-state index is 13.5. The number of fused-ring (bicyclic) bond motifs is 1. The number of anilines is 3. The molecule has 0 aliphatic carbocycles. The van der Waals surface area contributed by atoms with Gasteiger partial charge in [-0.15, -0.1) is 0 Å². The van der Waals surface area contributed by atoms with Crippen molar-refractivity contribution in [2.75, 3.05) is 16.8 Å². The van der Waals surface area contributed by atoms with Crippen LogP contribution in [0, 0.1) is 19.7 Å². The molecule has 0 saturated heterocycles. The molecule has 2 aromatic carbocycles. The van der Waals surface area contributed by atoms with Gasteiger partial charge in [0.05, 0.1) is 11.7 Å². The molecule has 1 aromatic heterocycles. The number of rotatable bonds is 4. The van der Waals surface area contributed by atoms with Gasteiger partial charge in [-0.1, -0.05) is 31.2 Å². The third kappa shape index (κ3) is 3.69. The SMILES string of the molecule is CCc1nc(N2CCc3ccccc3C2C)nc(Nc2ccc(F)cc2C)c1C. The zero-order valence-electron chi connectivity index (χ0n) is 17.5. The Morgan fingerprint density at radius 3 is 2.69 bits per heavy atom. The van der Waals surface area contributed by atoms with Gasteiger partial charge in [0.15, 0.2) is 0 Å². The lowest BCUT2D eigenvalue weighted by atomic mass is 9.94. The second-order valence-electron chi connectivity index (χ2n) is 7.70. The van der Waals surface area contributed by atoms with Crippen LogP contribution >= 0.6 is 0 Å². The number of halogens is 1.